The van der Waals surface area contributed by atoms with Crippen molar-refractivity contribution < 1.29 is 8.42 Å². The highest BCUT2D eigenvalue weighted by atomic mass is 32.2. The van der Waals surface area contributed by atoms with E-state index in [4.69, 9.17) is 10.9 Å². The minimum Gasteiger partial charge on any atom is -0.383 e. The Morgan fingerprint density at radius 3 is 2.39 bits per heavy atom. The number of sulfonamides is 1. The van der Waals surface area contributed by atoms with Gasteiger partial charge in [0, 0.05) is 18.3 Å². The molecule has 1 aromatic carbocycles. The fourth-order valence-corrected chi connectivity index (χ4v) is 2.10. The van der Waals surface area contributed by atoms with Crippen LogP contribution >= 0.6 is 0 Å². The van der Waals surface area contributed by atoms with Gasteiger partial charge in [-0.3, -0.25) is 0 Å². The predicted molar refractivity (Wildman–Crippen MR) is 73.8 cm³/mol. The van der Waals surface area contributed by atoms with Gasteiger partial charge in [0.15, 0.2) is 0 Å². The predicted octanol–water partition coefficient (Wildman–Crippen LogP) is 1.26. The van der Waals surface area contributed by atoms with Crippen molar-refractivity contribution in [1.29, 1.82) is 0 Å². The number of nitrogens with one attached hydrogen (secondary N) is 1. The van der Waals surface area contributed by atoms with Crippen molar-refractivity contribution in [2.24, 2.45) is 10.9 Å². The third-order valence-corrected chi connectivity index (χ3v) is 3.61. The highest BCUT2D eigenvalue weighted by Crippen LogP contribution is 2.12. The van der Waals surface area contributed by atoms with E-state index in [0.29, 0.717) is 6.54 Å². The van der Waals surface area contributed by atoms with Crippen LogP contribution in [0.3, 0.4) is 0 Å². The summed E-state index contributed by atoms with van der Waals surface area (Å²) in [5, 5.41) is 8.19. The molecule has 0 fully saturated rings. The lowest BCUT2D eigenvalue weighted by Crippen LogP contribution is -2.28. The molecule has 0 saturated carbocycles. The van der Waals surface area contributed by atoms with Gasteiger partial charge in [0.25, 0.3) is 0 Å². The Hall–Kier alpha value is -1.11. The quantitative estimate of drug-likeness (QED) is 0.695. The fourth-order valence-electron chi connectivity index (χ4n) is 1.58. The Labute approximate surface area is 109 Å². The van der Waals surface area contributed by atoms with Crippen molar-refractivity contribution in [2.45, 2.75) is 37.1 Å². The second-order valence-electron chi connectivity index (χ2n) is 4.35. The highest BCUT2D eigenvalue weighted by Gasteiger charge is 2.07. The van der Waals surface area contributed by atoms with Crippen molar-refractivity contribution in [1.82, 2.24) is 0 Å². The van der Waals surface area contributed by atoms with Gasteiger partial charge >= 0.3 is 0 Å². The first-order chi connectivity index (χ1) is 8.43. The van der Waals surface area contributed by atoms with Crippen LogP contribution in [-0.2, 0) is 10.0 Å². The molecule has 102 valence electrons. The van der Waals surface area contributed by atoms with Gasteiger partial charge in [-0.15, -0.1) is 0 Å². The van der Waals surface area contributed by atoms with Crippen molar-refractivity contribution in [2.75, 3.05) is 11.9 Å². The van der Waals surface area contributed by atoms with E-state index in [0.717, 1.165) is 24.9 Å². The Morgan fingerprint density at radius 1 is 1.28 bits per heavy atom. The average molecular weight is 271 g/mol. The molecule has 0 amide bonds. The fraction of sp³-hybridized carbons (Fsp3) is 0.500. The summed E-state index contributed by atoms with van der Waals surface area (Å²) >= 11 is 0. The molecule has 18 heavy (non-hydrogen) atoms. The molecule has 0 aliphatic heterocycles. The monoisotopic (exact) mass is 271 g/mol. The minimum atomic E-state index is -3.62. The molecule has 0 saturated heterocycles. The van der Waals surface area contributed by atoms with Crippen molar-refractivity contribution in [3.8, 4) is 0 Å². The number of benzene rings is 1. The maximum Gasteiger partial charge on any atom is 0.238 e. The molecule has 5 nitrogen and oxygen atoms in total. The van der Waals surface area contributed by atoms with Gasteiger partial charge in [-0.25, -0.2) is 13.6 Å². The first-order valence-electron chi connectivity index (χ1n) is 6.06. The Morgan fingerprint density at radius 2 is 1.89 bits per heavy atom. The summed E-state index contributed by atoms with van der Waals surface area (Å²) in [5.41, 5.74) is 6.77. The van der Waals surface area contributed by atoms with Crippen molar-refractivity contribution in [3.63, 3.8) is 0 Å². The van der Waals surface area contributed by atoms with E-state index in [1.807, 2.05) is 0 Å². The molecule has 5 N–H and O–H groups in total. The second kappa shape index (κ2) is 6.72. The van der Waals surface area contributed by atoms with E-state index in [1.165, 1.54) is 12.1 Å². The molecule has 1 rings (SSSR count). The van der Waals surface area contributed by atoms with Gasteiger partial charge in [0.05, 0.1) is 4.90 Å². The number of nitrogens with two attached hydrogens (primary N) is 2. The number of unbranched alkanes of at least 4 members (excludes halogenated alkanes) is 1. The largest absolute Gasteiger partial charge is 0.383 e. The second-order valence-corrected chi connectivity index (χ2v) is 5.91. The summed E-state index contributed by atoms with van der Waals surface area (Å²) < 4.78 is 22.1. The maximum absolute atomic E-state index is 11.1. The molecule has 0 radical (unpaired) electrons. The number of hydrogen-bond donors (Lipinski definition) is 3. The first kappa shape index (κ1) is 14.9. The van der Waals surface area contributed by atoms with Crippen LogP contribution in [0.4, 0.5) is 5.69 Å². The Balaban J connectivity index is 2.49. The molecule has 0 bridgehead atoms. The number of hydrogen-bond acceptors (Lipinski definition) is 4. The third kappa shape index (κ3) is 5.03. The normalized spacial score (nSPS) is 13.3. The lowest BCUT2D eigenvalue weighted by molar-refractivity contribution is 0.595. The number of primary sulfonamides is 1. The van der Waals surface area contributed by atoms with Crippen LogP contribution in [0.15, 0.2) is 29.2 Å². The first-order valence-corrected chi connectivity index (χ1v) is 7.60. The standard InChI is InChI=1S/C12H21N3O2S/c1-2-3-4-10(13)9-15-11-5-7-12(8-6-11)18(14,16)17/h5-8,10,15H,2-4,9,13H2,1H3,(H2,14,16,17). The summed E-state index contributed by atoms with van der Waals surface area (Å²) in [6.07, 6.45) is 3.24. The molecule has 0 spiro atoms. The molecular formula is C12H21N3O2S. The Bertz CT molecular complexity index is 457. The van der Waals surface area contributed by atoms with Gasteiger partial charge in [-0.2, -0.15) is 0 Å². The third-order valence-electron chi connectivity index (χ3n) is 2.68. The molecule has 0 aromatic heterocycles. The van der Waals surface area contributed by atoms with Crippen LogP contribution in [0, 0.1) is 0 Å². The zero-order valence-electron chi connectivity index (χ0n) is 10.6. The molecule has 0 heterocycles. The molecular weight excluding hydrogens is 250 g/mol. The van der Waals surface area contributed by atoms with Gasteiger partial charge in [0.1, 0.15) is 0 Å². The zero-order valence-corrected chi connectivity index (χ0v) is 11.4. The van der Waals surface area contributed by atoms with E-state index in [9.17, 15) is 8.42 Å². The average Bonchev–Trinajstić information content (AvgIpc) is 2.33. The van der Waals surface area contributed by atoms with Gasteiger partial charge < -0.3 is 11.1 Å². The maximum atomic E-state index is 11.1. The summed E-state index contributed by atoms with van der Waals surface area (Å²) in [6.45, 7) is 2.81. The molecule has 1 atom stereocenters. The van der Waals surface area contributed by atoms with Crippen LogP contribution in [-0.4, -0.2) is 21.0 Å². The zero-order chi connectivity index (χ0) is 13.6. The van der Waals surface area contributed by atoms with E-state index in [-0.39, 0.29) is 10.9 Å². The van der Waals surface area contributed by atoms with Crippen LogP contribution in [0.2, 0.25) is 0 Å². The van der Waals surface area contributed by atoms with E-state index >= 15 is 0 Å². The smallest absolute Gasteiger partial charge is 0.238 e. The molecule has 0 aliphatic carbocycles. The summed E-state index contributed by atoms with van der Waals surface area (Å²) in [6, 6.07) is 6.45. The van der Waals surface area contributed by atoms with Crippen molar-refractivity contribution in [3.05, 3.63) is 24.3 Å². The number of anilines is 1. The highest BCUT2D eigenvalue weighted by molar-refractivity contribution is 7.89. The lowest BCUT2D eigenvalue weighted by atomic mass is 10.1. The Kier molecular flexibility index (Phi) is 5.58. The summed E-state index contributed by atoms with van der Waals surface area (Å²) in [7, 11) is -3.62. The minimum absolute atomic E-state index is 0.114. The van der Waals surface area contributed by atoms with Gasteiger partial charge in [-0.05, 0) is 30.7 Å². The van der Waals surface area contributed by atoms with Crippen LogP contribution in [0.5, 0.6) is 0 Å². The molecule has 6 heteroatoms. The van der Waals surface area contributed by atoms with E-state index in [2.05, 4.69) is 12.2 Å². The topological polar surface area (TPSA) is 98.2 Å². The molecule has 0 aliphatic rings. The van der Waals surface area contributed by atoms with E-state index in [1.54, 1.807) is 12.1 Å². The van der Waals surface area contributed by atoms with E-state index < -0.39 is 10.0 Å². The summed E-state index contributed by atoms with van der Waals surface area (Å²) in [5.74, 6) is 0. The number of rotatable bonds is 7. The van der Waals surface area contributed by atoms with Crippen LogP contribution in [0.25, 0.3) is 0 Å². The van der Waals surface area contributed by atoms with Gasteiger partial charge in [0.2, 0.25) is 10.0 Å². The molecule has 1 aromatic rings. The molecule has 1 unspecified atom stereocenters. The van der Waals surface area contributed by atoms with Crippen LogP contribution < -0.4 is 16.2 Å². The lowest BCUT2D eigenvalue weighted by Gasteiger charge is -2.13. The van der Waals surface area contributed by atoms with Gasteiger partial charge in [-0.1, -0.05) is 19.8 Å². The summed E-state index contributed by atoms with van der Waals surface area (Å²) in [4.78, 5) is 0.114. The van der Waals surface area contributed by atoms with Crippen molar-refractivity contribution >= 4 is 15.7 Å². The van der Waals surface area contributed by atoms with Crippen LogP contribution in [0.1, 0.15) is 26.2 Å². The SMILES string of the molecule is CCCCC(N)CNc1ccc(S(N)(=O)=O)cc1.